The van der Waals surface area contributed by atoms with E-state index >= 15 is 0 Å². The number of fused-ring (bicyclic) bond motifs is 1. The molecule has 3 aromatic heterocycles. The van der Waals surface area contributed by atoms with Crippen molar-refractivity contribution in [2.24, 2.45) is 0 Å². The summed E-state index contributed by atoms with van der Waals surface area (Å²) in [6, 6.07) is 12.6. The van der Waals surface area contributed by atoms with Crippen LogP contribution < -0.4 is 15.0 Å². The van der Waals surface area contributed by atoms with Gasteiger partial charge >= 0.3 is 0 Å². The van der Waals surface area contributed by atoms with Gasteiger partial charge in [0.1, 0.15) is 23.6 Å². The molecule has 1 saturated heterocycles. The van der Waals surface area contributed by atoms with Crippen LogP contribution in [0.2, 0.25) is 0 Å². The second-order valence-electron chi connectivity index (χ2n) is 9.50. The molecule has 1 saturated carbocycles. The molecule has 0 radical (unpaired) electrons. The predicted octanol–water partition coefficient (Wildman–Crippen LogP) is 3.59. The second kappa shape index (κ2) is 8.36. The first-order chi connectivity index (χ1) is 16.6. The number of hydrogen-bond donors (Lipinski definition) is 1. The number of aromatic nitrogens is 5. The lowest BCUT2D eigenvalue weighted by Gasteiger charge is -2.28. The highest BCUT2D eigenvalue weighted by Gasteiger charge is 2.41. The Morgan fingerprint density at radius 1 is 1.06 bits per heavy atom. The Bertz CT molecular complexity index is 1320. The van der Waals surface area contributed by atoms with E-state index in [9.17, 15) is 0 Å². The molecule has 1 aliphatic carbocycles. The Hall–Kier alpha value is -3.52. The van der Waals surface area contributed by atoms with Gasteiger partial charge in [0.05, 0.1) is 6.54 Å². The van der Waals surface area contributed by atoms with Crippen LogP contribution in [0.5, 0.6) is 5.88 Å². The smallest absolute Gasteiger partial charge is 0.245 e. The van der Waals surface area contributed by atoms with E-state index in [1.165, 1.54) is 5.56 Å². The van der Waals surface area contributed by atoms with Crippen molar-refractivity contribution >= 4 is 17.0 Å². The molecule has 0 amide bonds. The Labute approximate surface area is 199 Å². The molecule has 1 N–H and O–H groups in total. The first-order valence-corrected chi connectivity index (χ1v) is 12.0. The van der Waals surface area contributed by atoms with Crippen molar-refractivity contribution in [1.29, 1.82) is 0 Å². The van der Waals surface area contributed by atoms with Gasteiger partial charge in [0, 0.05) is 37.9 Å². The van der Waals surface area contributed by atoms with Crippen LogP contribution in [-0.2, 0) is 6.54 Å². The van der Waals surface area contributed by atoms with E-state index in [2.05, 4.69) is 68.9 Å². The van der Waals surface area contributed by atoms with Gasteiger partial charge in [-0.05, 0) is 43.9 Å². The van der Waals surface area contributed by atoms with Gasteiger partial charge < -0.3 is 19.5 Å². The average Bonchev–Trinajstić information content (AvgIpc) is 3.48. The van der Waals surface area contributed by atoms with E-state index < -0.39 is 0 Å². The lowest BCUT2D eigenvalue weighted by Crippen LogP contribution is -2.43. The molecule has 4 heterocycles. The lowest BCUT2D eigenvalue weighted by atomic mass is 10.1. The summed E-state index contributed by atoms with van der Waals surface area (Å²) in [5.74, 6) is 2.40. The quantitative estimate of drug-likeness (QED) is 0.476. The fourth-order valence-corrected chi connectivity index (χ4v) is 4.47. The number of benzene rings is 1. The van der Waals surface area contributed by atoms with Crippen LogP contribution in [-0.4, -0.2) is 56.3 Å². The normalized spacial score (nSPS) is 17.2. The summed E-state index contributed by atoms with van der Waals surface area (Å²) < 4.78 is 8.41. The molecule has 1 aromatic carbocycles. The third kappa shape index (κ3) is 3.98. The first-order valence-electron chi connectivity index (χ1n) is 12.0. The molecule has 2 fully saturated rings. The van der Waals surface area contributed by atoms with Crippen molar-refractivity contribution in [3.05, 3.63) is 60.0 Å². The standard InChI is InChI=1S/C26H29N7O/c1-18-14-21(32-12-10-27-11-13-32)28-15-20(18)23-31-22-24(33(23)16-19-6-4-3-5-7-19)29-17-30-25(22)34-26(2)8-9-26/h3-7,14-15,17,27H,8-13,16H2,1-2H3. The van der Waals surface area contributed by atoms with Gasteiger partial charge in [-0.2, -0.15) is 4.98 Å². The average molecular weight is 456 g/mol. The van der Waals surface area contributed by atoms with E-state index in [0.717, 1.165) is 67.4 Å². The number of imidazole rings is 1. The summed E-state index contributed by atoms with van der Waals surface area (Å²) in [5, 5.41) is 3.40. The van der Waals surface area contributed by atoms with E-state index in [0.29, 0.717) is 17.9 Å². The Kier molecular flexibility index (Phi) is 5.17. The van der Waals surface area contributed by atoms with E-state index in [4.69, 9.17) is 14.7 Å². The summed E-state index contributed by atoms with van der Waals surface area (Å²) in [4.78, 5) is 21.3. The fraction of sp³-hybridized carbons (Fsp3) is 0.385. The third-order valence-corrected chi connectivity index (χ3v) is 6.76. The molecule has 1 aliphatic heterocycles. The van der Waals surface area contributed by atoms with Gasteiger partial charge in [-0.3, -0.25) is 0 Å². The number of piperazine rings is 1. The summed E-state index contributed by atoms with van der Waals surface area (Å²) >= 11 is 0. The van der Waals surface area contributed by atoms with Crippen molar-refractivity contribution in [3.8, 4) is 17.3 Å². The molecular weight excluding hydrogens is 426 g/mol. The SMILES string of the molecule is Cc1cc(N2CCNCC2)ncc1-c1nc2c(OC3(C)CC3)ncnc2n1Cc1ccccc1. The largest absolute Gasteiger partial charge is 0.470 e. The summed E-state index contributed by atoms with van der Waals surface area (Å²) in [7, 11) is 0. The van der Waals surface area contributed by atoms with E-state index in [-0.39, 0.29) is 5.60 Å². The van der Waals surface area contributed by atoms with Gasteiger partial charge in [0.25, 0.3) is 0 Å². The van der Waals surface area contributed by atoms with Gasteiger partial charge in [-0.15, -0.1) is 0 Å². The van der Waals surface area contributed by atoms with Crippen LogP contribution in [0.25, 0.3) is 22.6 Å². The topological polar surface area (TPSA) is 81.0 Å². The van der Waals surface area contributed by atoms with Gasteiger partial charge in [0.15, 0.2) is 11.2 Å². The zero-order chi connectivity index (χ0) is 23.1. The molecule has 0 atom stereocenters. The zero-order valence-electron chi connectivity index (χ0n) is 19.7. The summed E-state index contributed by atoms with van der Waals surface area (Å²) in [5.41, 5.74) is 4.65. The maximum atomic E-state index is 6.25. The Morgan fingerprint density at radius 2 is 1.85 bits per heavy atom. The van der Waals surface area contributed by atoms with E-state index in [1.807, 2.05) is 12.3 Å². The number of anilines is 1. The van der Waals surface area contributed by atoms with E-state index in [1.54, 1.807) is 6.33 Å². The number of aryl methyl sites for hydroxylation is 1. The van der Waals surface area contributed by atoms with Gasteiger partial charge in [0.2, 0.25) is 5.88 Å². The summed E-state index contributed by atoms with van der Waals surface area (Å²) in [6.45, 7) is 8.79. The molecule has 6 rings (SSSR count). The van der Waals surface area contributed by atoms with Crippen LogP contribution in [0.15, 0.2) is 48.9 Å². The van der Waals surface area contributed by atoms with Crippen molar-refractivity contribution < 1.29 is 4.74 Å². The van der Waals surface area contributed by atoms with Crippen LogP contribution >= 0.6 is 0 Å². The minimum Gasteiger partial charge on any atom is -0.470 e. The van der Waals surface area contributed by atoms with Crippen LogP contribution in [0.1, 0.15) is 30.9 Å². The predicted molar refractivity (Wildman–Crippen MR) is 132 cm³/mol. The molecule has 34 heavy (non-hydrogen) atoms. The number of hydrogen-bond acceptors (Lipinski definition) is 7. The molecular formula is C26H29N7O. The summed E-state index contributed by atoms with van der Waals surface area (Å²) in [6.07, 6.45) is 5.60. The highest BCUT2D eigenvalue weighted by atomic mass is 16.5. The number of nitrogens with zero attached hydrogens (tertiary/aromatic N) is 6. The number of ether oxygens (including phenoxy) is 1. The van der Waals surface area contributed by atoms with Crippen LogP contribution in [0.4, 0.5) is 5.82 Å². The van der Waals surface area contributed by atoms with Crippen LogP contribution in [0, 0.1) is 6.92 Å². The van der Waals surface area contributed by atoms with Crippen molar-refractivity contribution in [2.75, 3.05) is 31.1 Å². The van der Waals surface area contributed by atoms with Gasteiger partial charge in [-0.1, -0.05) is 30.3 Å². The lowest BCUT2D eigenvalue weighted by molar-refractivity contribution is 0.194. The second-order valence-corrected chi connectivity index (χ2v) is 9.50. The molecule has 8 nitrogen and oxygen atoms in total. The molecule has 0 unspecified atom stereocenters. The Balaban J connectivity index is 1.46. The minimum atomic E-state index is -0.146. The number of nitrogens with one attached hydrogen (secondary N) is 1. The molecule has 0 bridgehead atoms. The van der Waals surface area contributed by atoms with Crippen molar-refractivity contribution in [2.45, 2.75) is 38.8 Å². The highest BCUT2D eigenvalue weighted by molar-refractivity contribution is 5.82. The maximum absolute atomic E-state index is 6.25. The molecule has 8 heteroatoms. The highest BCUT2D eigenvalue weighted by Crippen LogP contribution is 2.41. The minimum absolute atomic E-state index is 0.146. The van der Waals surface area contributed by atoms with Crippen molar-refractivity contribution in [1.82, 2.24) is 29.8 Å². The Morgan fingerprint density at radius 3 is 2.59 bits per heavy atom. The van der Waals surface area contributed by atoms with Crippen molar-refractivity contribution in [3.63, 3.8) is 0 Å². The monoisotopic (exact) mass is 455 g/mol. The number of rotatable bonds is 6. The molecule has 174 valence electrons. The molecule has 4 aromatic rings. The fourth-order valence-electron chi connectivity index (χ4n) is 4.47. The number of pyridine rings is 1. The maximum Gasteiger partial charge on any atom is 0.245 e. The molecule has 0 spiro atoms. The van der Waals surface area contributed by atoms with Crippen LogP contribution in [0.3, 0.4) is 0 Å². The van der Waals surface area contributed by atoms with Gasteiger partial charge in [-0.25, -0.2) is 15.0 Å². The zero-order valence-corrected chi connectivity index (χ0v) is 19.7. The molecule has 2 aliphatic rings. The first kappa shape index (κ1) is 21.0. The third-order valence-electron chi connectivity index (χ3n) is 6.76.